The third kappa shape index (κ3) is 4.82. The second-order valence-corrected chi connectivity index (χ2v) is 10.8. The molecule has 1 saturated carbocycles. The maximum atomic E-state index is 12.3. The van der Waals surface area contributed by atoms with E-state index in [1.807, 2.05) is 24.3 Å². The van der Waals surface area contributed by atoms with Gasteiger partial charge in [-0.2, -0.15) is 4.31 Å². The Morgan fingerprint density at radius 3 is 2.37 bits per heavy atom. The second-order valence-electron chi connectivity index (χ2n) is 7.76. The molecule has 0 radical (unpaired) electrons. The zero-order valence-electron chi connectivity index (χ0n) is 16.5. The molecule has 2 saturated heterocycles. The van der Waals surface area contributed by atoms with Crippen molar-refractivity contribution >= 4 is 56.3 Å². The van der Waals surface area contributed by atoms with Crippen LogP contribution in [-0.2, 0) is 14.8 Å². The first-order valence-corrected chi connectivity index (χ1v) is 12.6. The van der Waals surface area contributed by atoms with Crippen LogP contribution in [0.4, 0.5) is 16.2 Å². The number of hydrogen-bond acceptors (Lipinski definition) is 6. The Hall–Kier alpha value is -1.62. The number of thiocarbonyl (C=S) groups is 1. The van der Waals surface area contributed by atoms with Gasteiger partial charge in [0.15, 0.2) is 0 Å². The van der Waals surface area contributed by atoms with Crippen molar-refractivity contribution in [1.82, 2.24) is 9.62 Å². The lowest BCUT2D eigenvalue weighted by molar-refractivity contribution is 0.143. The molecule has 4 rings (SSSR count). The normalized spacial score (nSPS) is 22.8. The number of carbonyl (C=O) groups excluding carboxylic acids is 1. The molecule has 0 spiro atoms. The van der Waals surface area contributed by atoms with E-state index in [0.717, 1.165) is 29.2 Å². The summed E-state index contributed by atoms with van der Waals surface area (Å²) >= 11 is 10.9. The van der Waals surface area contributed by atoms with E-state index in [1.54, 1.807) is 4.90 Å². The molecule has 11 heteroatoms. The number of hydrogen-bond donors (Lipinski definition) is 1. The average molecular weight is 473 g/mol. The summed E-state index contributed by atoms with van der Waals surface area (Å²) in [5.41, 5.74) is 1.77. The van der Waals surface area contributed by atoms with Crippen LogP contribution < -0.4 is 15.1 Å². The summed E-state index contributed by atoms with van der Waals surface area (Å²) in [6, 6.07) is 7.68. The first-order valence-electron chi connectivity index (χ1n) is 10.0. The van der Waals surface area contributed by atoms with Crippen molar-refractivity contribution in [2.24, 2.45) is 5.92 Å². The van der Waals surface area contributed by atoms with Crippen molar-refractivity contribution < 1.29 is 17.9 Å². The zero-order chi connectivity index (χ0) is 21.3. The third-order valence-corrected chi connectivity index (χ3v) is 8.36. The van der Waals surface area contributed by atoms with Crippen molar-refractivity contribution in [3.63, 3.8) is 0 Å². The average Bonchev–Trinajstić information content (AvgIpc) is 3.55. The number of rotatable bonds is 7. The quantitative estimate of drug-likeness (QED) is 0.480. The summed E-state index contributed by atoms with van der Waals surface area (Å²) < 4.78 is 30.6. The Balaban J connectivity index is 1.31. The molecular weight excluding hydrogens is 448 g/mol. The molecule has 1 aromatic carbocycles. The number of sulfonamides is 1. The monoisotopic (exact) mass is 472 g/mol. The number of nitrogens with zero attached hydrogens (tertiary/aromatic N) is 3. The maximum Gasteiger partial charge on any atom is 0.414 e. The number of alkyl halides is 1. The summed E-state index contributed by atoms with van der Waals surface area (Å²) in [5.74, 6) is 0.498. The minimum absolute atomic E-state index is 0.231. The predicted octanol–water partition coefficient (Wildman–Crippen LogP) is 1.99. The summed E-state index contributed by atoms with van der Waals surface area (Å²) in [6.07, 6.45) is 1.70. The van der Waals surface area contributed by atoms with Gasteiger partial charge in [-0.25, -0.2) is 13.2 Å². The SMILES string of the molecule is O=C1OC(CNC(=S)C2CC2)CN1c1ccc(N2CCN(S(=O)(=O)CCl)CC2)cc1. The van der Waals surface area contributed by atoms with Crippen LogP contribution in [0.25, 0.3) is 0 Å². The highest BCUT2D eigenvalue weighted by Gasteiger charge is 2.34. The zero-order valence-corrected chi connectivity index (χ0v) is 18.9. The van der Waals surface area contributed by atoms with Gasteiger partial charge in [0.2, 0.25) is 10.0 Å². The first kappa shape index (κ1) is 21.6. The minimum Gasteiger partial charge on any atom is -0.442 e. The molecule has 2 aliphatic heterocycles. The highest BCUT2D eigenvalue weighted by atomic mass is 35.5. The number of ether oxygens (including phenoxy) is 1. The van der Waals surface area contributed by atoms with Crippen LogP contribution in [0.3, 0.4) is 0 Å². The second kappa shape index (κ2) is 8.86. The lowest BCUT2D eigenvalue weighted by Crippen LogP contribution is -2.49. The Labute approximate surface area is 187 Å². The number of benzene rings is 1. The first-order chi connectivity index (χ1) is 14.4. The van der Waals surface area contributed by atoms with Crippen LogP contribution in [0.1, 0.15) is 12.8 Å². The van der Waals surface area contributed by atoms with E-state index in [4.69, 9.17) is 28.6 Å². The molecule has 164 valence electrons. The Kier molecular flexibility index (Phi) is 6.38. The molecule has 1 atom stereocenters. The van der Waals surface area contributed by atoms with Gasteiger partial charge in [0, 0.05) is 43.5 Å². The van der Waals surface area contributed by atoms with Crippen LogP contribution in [0.5, 0.6) is 0 Å². The molecule has 0 aromatic heterocycles. The van der Waals surface area contributed by atoms with Gasteiger partial charge < -0.3 is 15.0 Å². The fourth-order valence-electron chi connectivity index (χ4n) is 3.68. The third-order valence-electron chi connectivity index (χ3n) is 5.62. The van der Waals surface area contributed by atoms with E-state index in [1.165, 1.54) is 4.31 Å². The van der Waals surface area contributed by atoms with Crippen molar-refractivity contribution in [1.29, 1.82) is 0 Å². The van der Waals surface area contributed by atoms with E-state index in [0.29, 0.717) is 45.2 Å². The van der Waals surface area contributed by atoms with Crippen molar-refractivity contribution in [2.75, 3.05) is 54.3 Å². The molecule has 1 aromatic rings. The summed E-state index contributed by atoms with van der Waals surface area (Å²) in [6.45, 7) is 3.02. The van der Waals surface area contributed by atoms with Crippen molar-refractivity contribution in [2.45, 2.75) is 18.9 Å². The number of amides is 1. The number of halogens is 1. The molecule has 1 amide bonds. The van der Waals surface area contributed by atoms with Gasteiger partial charge in [0.1, 0.15) is 11.3 Å². The highest BCUT2D eigenvalue weighted by molar-refractivity contribution is 7.90. The van der Waals surface area contributed by atoms with Crippen LogP contribution >= 0.6 is 23.8 Å². The number of cyclic esters (lactones) is 1. The summed E-state index contributed by atoms with van der Waals surface area (Å²) in [7, 11) is -3.37. The summed E-state index contributed by atoms with van der Waals surface area (Å²) in [4.78, 5) is 16.9. The summed E-state index contributed by atoms with van der Waals surface area (Å²) in [5, 5.41) is 2.82. The molecule has 1 unspecified atom stereocenters. The minimum atomic E-state index is -3.37. The fraction of sp³-hybridized carbons (Fsp3) is 0.579. The maximum absolute atomic E-state index is 12.3. The Bertz CT molecular complexity index is 900. The smallest absolute Gasteiger partial charge is 0.414 e. The largest absolute Gasteiger partial charge is 0.442 e. The highest BCUT2D eigenvalue weighted by Crippen LogP contribution is 2.30. The van der Waals surface area contributed by atoms with Crippen molar-refractivity contribution in [3.05, 3.63) is 24.3 Å². The Morgan fingerprint density at radius 2 is 1.77 bits per heavy atom. The molecule has 3 fully saturated rings. The van der Waals surface area contributed by atoms with Crippen LogP contribution in [0.2, 0.25) is 0 Å². The van der Waals surface area contributed by atoms with Gasteiger partial charge in [-0.05, 0) is 37.1 Å². The molecule has 2 heterocycles. The number of carbonyl (C=O) groups is 1. The molecular formula is C19H25ClN4O4S2. The number of anilines is 2. The number of piperazine rings is 1. The van der Waals surface area contributed by atoms with E-state index in [2.05, 4.69) is 10.2 Å². The number of nitrogens with one attached hydrogen (secondary N) is 1. The standard InChI is InChI=1S/C19H25ClN4O4S2/c20-13-30(26,27)23-9-7-22(8-10-23)15-3-5-16(6-4-15)24-12-17(28-19(24)25)11-21-18(29)14-1-2-14/h3-6,14,17H,1-2,7-13H2,(H,21,29). The van der Waals surface area contributed by atoms with Gasteiger partial charge in [0.25, 0.3) is 0 Å². The van der Waals surface area contributed by atoms with E-state index in [-0.39, 0.29) is 12.2 Å². The lowest BCUT2D eigenvalue weighted by atomic mass is 10.2. The fourth-order valence-corrected chi connectivity index (χ4v) is 5.27. The van der Waals surface area contributed by atoms with E-state index >= 15 is 0 Å². The van der Waals surface area contributed by atoms with Crippen molar-refractivity contribution in [3.8, 4) is 0 Å². The van der Waals surface area contributed by atoms with Crippen LogP contribution in [-0.4, -0.2) is 74.4 Å². The molecule has 8 nitrogen and oxygen atoms in total. The molecule has 1 N–H and O–H groups in total. The van der Waals surface area contributed by atoms with Gasteiger partial charge in [0.05, 0.1) is 18.1 Å². The van der Waals surface area contributed by atoms with Gasteiger partial charge in [-0.1, -0.05) is 12.2 Å². The van der Waals surface area contributed by atoms with Crippen LogP contribution in [0, 0.1) is 5.92 Å². The van der Waals surface area contributed by atoms with E-state index in [9.17, 15) is 13.2 Å². The molecule has 30 heavy (non-hydrogen) atoms. The van der Waals surface area contributed by atoms with Gasteiger partial charge in [-0.15, -0.1) is 11.6 Å². The lowest BCUT2D eigenvalue weighted by Gasteiger charge is -2.35. The Morgan fingerprint density at radius 1 is 1.13 bits per heavy atom. The van der Waals surface area contributed by atoms with Gasteiger partial charge >= 0.3 is 6.09 Å². The predicted molar refractivity (Wildman–Crippen MR) is 121 cm³/mol. The van der Waals surface area contributed by atoms with E-state index < -0.39 is 15.2 Å². The van der Waals surface area contributed by atoms with Crippen LogP contribution in [0.15, 0.2) is 24.3 Å². The molecule has 1 aliphatic carbocycles. The topological polar surface area (TPSA) is 82.2 Å². The molecule has 0 bridgehead atoms. The van der Waals surface area contributed by atoms with Gasteiger partial charge in [-0.3, -0.25) is 4.90 Å². The molecule has 3 aliphatic rings.